The minimum Gasteiger partial charge on any atom is -0.497 e. The van der Waals surface area contributed by atoms with Gasteiger partial charge in [-0.15, -0.1) is 0 Å². The monoisotopic (exact) mass is 351 g/mol. The fraction of sp³-hybridized carbons (Fsp3) is 0.250. The average Bonchev–Trinajstić information content (AvgIpc) is 3.21. The molecule has 1 fully saturated rings. The van der Waals surface area contributed by atoms with Crippen LogP contribution in [0.15, 0.2) is 59.6 Å². The van der Waals surface area contributed by atoms with Gasteiger partial charge in [0.15, 0.2) is 0 Å². The summed E-state index contributed by atoms with van der Waals surface area (Å²) in [5, 5.41) is 2.42. The molecule has 2 aromatic carbocycles. The predicted molar refractivity (Wildman–Crippen MR) is 106 cm³/mol. The van der Waals surface area contributed by atoms with Crippen molar-refractivity contribution in [2.24, 2.45) is 0 Å². The number of nitrogens with one attached hydrogen (secondary N) is 1. The second-order valence-electron chi connectivity index (χ2n) is 6.11. The van der Waals surface area contributed by atoms with E-state index in [9.17, 15) is 0 Å². The lowest BCUT2D eigenvalue weighted by molar-refractivity contribution is 0.414. The third-order valence-corrected chi connectivity index (χ3v) is 5.35. The second-order valence-corrected chi connectivity index (χ2v) is 6.99. The van der Waals surface area contributed by atoms with Crippen molar-refractivity contribution in [3.8, 4) is 5.75 Å². The largest absolute Gasteiger partial charge is 0.497 e. The van der Waals surface area contributed by atoms with Crippen LogP contribution in [-0.4, -0.2) is 25.2 Å². The van der Waals surface area contributed by atoms with Crippen LogP contribution >= 0.6 is 11.9 Å². The molecule has 1 aliphatic heterocycles. The van der Waals surface area contributed by atoms with Gasteiger partial charge in [-0.3, -0.25) is 0 Å². The quantitative estimate of drug-likeness (QED) is 0.657. The molecule has 128 valence electrons. The summed E-state index contributed by atoms with van der Waals surface area (Å²) in [4.78, 5) is 8.28. The lowest BCUT2D eigenvalue weighted by Gasteiger charge is -2.20. The lowest BCUT2D eigenvalue weighted by atomic mass is 10.1. The first-order valence-corrected chi connectivity index (χ1v) is 9.36. The smallest absolute Gasteiger partial charge is 0.136 e. The highest BCUT2D eigenvalue weighted by Gasteiger charge is 2.17. The molecule has 25 heavy (non-hydrogen) atoms. The summed E-state index contributed by atoms with van der Waals surface area (Å²) >= 11 is 1.59. The molecule has 0 spiro atoms. The number of rotatable bonds is 5. The van der Waals surface area contributed by atoms with Crippen molar-refractivity contribution in [2.45, 2.75) is 17.7 Å². The number of hydrogen-bond donors (Lipinski definition) is 1. The van der Waals surface area contributed by atoms with Crippen molar-refractivity contribution in [3.05, 3.63) is 54.7 Å². The molecule has 3 aromatic rings. The van der Waals surface area contributed by atoms with Crippen LogP contribution in [0, 0.1) is 0 Å². The summed E-state index contributed by atoms with van der Waals surface area (Å²) < 4.78 is 8.66. The van der Waals surface area contributed by atoms with Gasteiger partial charge in [0.2, 0.25) is 0 Å². The zero-order chi connectivity index (χ0) is 17.1. The number of aromatic nitrogens is 1. The predicted octanol–water partition coefficient (Wildman–Crippen LogP) is 4.96. The molecule has 0 aliphatic carbocycles. The van der Waals surface area contributed by atoms with Crippen molar-refractivity contribution in [3.63, 3.8) is 0 Å². The van der Waals surface area contributed by atoms with Gasteiger partial charge in [-0.25, -0.2) is 4.98 Å². The van der Waals surface area contributed by atoms with E-state index < -0.39 is 0 Å². The SMILES string of the molecule is COc1ccc(SNc2cnc(N3CCCC3)c3ccccc23)cc1. The first kappa shape index (κ1) is 16.1. The van der Waals surface area contributed by atoms with Crippen LogP contribution in [0.4, 0.5) is 11.5 Å². The van der Waals surface area contributed by atoms with Gasteiger partial charge in [0.25, 0.3) is 0 Å². The number of methoxy groups -OCH3 is 1. The minimum atomic E-state index is 0.867. The van der Waals surface area contributed by atoms with Gasteiger partial charge in [-0.1, -0.05) is 24.3 Å². The van der Waals surface area contributed by atoms with Crippen LogP contribution in [-0.2, 0) is 0 Å². The number of fused-ring (bicyclic) bond motifs is 1. The van der Waals surface area contributed by atoms with E-state index in [0.29, 0.717) is 0 Å². The van der Waals surface area contributed by atoms with E-state index in [1.165, 1.54) is 23.6 Å². The van der Waals surface area contributed by atoms with E-state index in [2.05, 4.69) is 33.9 Å². The maximum Gasteiger partial charge on any atom is 0.136 e. The van der Waals surface area contributed by atoms with E-state index in [4.69, 9.17) is 9.72 Å². The third kappa shape index (κ3) is 3.37. The first-order chi connectivity index (χ1) is 12.3. The van der Waals surface area contributed by atoms with Crippen LogP contribution in [0.2, 0.25) is 0 Å². The van der Waals surface area contributed by atoms with Crippen LogP contribution in [0.25, 0.3) is 10.8 Å². The van der Waals surface area contributed by atoms with Crippen molar-refractivity contribution < 1.29 is 4.74 Å². The topological polar surface area (TPSA) is 37.4 Å². The second kappa shape index (κ2) is 7.23. The Morgan fingerprint density at radius 3 is 2.44 bits per heavy atom. The highest BCUT2D eigenvalue weighted by molar-refractivity contribution is 8.00. The number of ether oxygens (including phenoxy) is 1. The van der Waals surface area contributed by atoms with Crippen LogP contribution in [0.3, 0.4) is 0 Å². The Labute approximate surface area is 152 Å². The Bertz CT molecular complexity index is 860. The molecule has 0 amide bonds. The summed E-state index contributed by atoms with van der Waals surface area (Å²) in [7, 11) is 1.68. The average molecular weight is 351 g/mol. The third-order valence-electron chi connectivity index (χ3n) is 4.52. The van der Waals surface area contributed by atoms with Gasteiger partial charge in [0.1, 0.15) is 11.6 Å². The van der Waals surface area contributed by atoms with Crippen LogP contribution < -0.4 is 14.4 Å². The Balaban J connectivity index is 1.60. The molecule has 1 saturated heterocycles. The van der Waals surface area contributed by atoms with Gasteiger partial charge in [-0.05, 0) is 49.1 Å². The van der Waals surface area contributed by atoms with Crippen molar-refractivity contribution >= 4 is 34.2 Å². The standard InChI is InChI=1S/C20H21N3OS/c1-24-15-8-10-16(11-9-15)25-22-19-14-21-20(23-12-4-5-13-23)18-7-3-2-6-17(18)19/h2-3,6-11,14,22H,4-5,12-13H2,1H3. The van der Waals surface area contributed by atoms with Crippen molar-refractivity contribution in [2.75, 3.05) is 29.8 Å². The zero-order valence-electron chi connectivity index (χ0n) is 14.2. The van der Waals surface area contributed by atoms with Gasteiger partial charge < -0.3 is 14.4 Å². The van der Waals surface area contributed by atoms with Gasteiger partial charge in [-0.2, -0.15) is 0 Å². The summed E-state index contributed by atoms with van der Waals surface area (Å²) in [5.41, 5.74) is 1.04. The van der Waals surface area contributed by atoms with Crippen molar-refractivity contribution in [1.82, 2.24) is 4.98 Å². The number of hydrogen-bond acceptors (Lipinski definition) is 5. The molecule has 2 heterocycles. The fourth-order valence-electron chi connectivity index (χ4n) is 3.20. The molecular weight excluding hydrogens is 330 g/mol. The van der Waals surface area contributed by atoms with E-state index in [0.717, 1.165) is 35.2 Å². The van der Waals surface area contributed by atoms with Gasteiger partial charge >= 0.3 is 0 Å². The molecule has 5 heteroatoms. The summed E-state index contributed by atoms with van der Waals surface area (Å²) in [6.45, 7) is 2.20. The van der Waals surface area contributed by atoms with E-state index in [1.807, 2.05) is 30.5 Å². The molecule has 1 aromatic heterocycles. The van der Waals surface area contributed by atoms with Crippen LogP contribution in [0.5, 0.6) is 5.75 Å². The molecule has 4 nitrogen and oxygen atoms in total. The van der Waals surface area contributed by atoms with E-state index in [-0.39, 0.29) is 0 Å². The molecule has 1 aliphatic rings. The maximum atomic E-state index is 5.21. The highest BCUT2D eigenvalue weighted by atomic mass is 32.2. The molecule has 0 radical (unpaired) electrons. The summed E-state index contributed by atoms with van der Waals surface area (Å²) in [6.07, 6.45) is 4.46. The molecule has 0 atom stereocenters. The molecule has 0 bridgehead atoms. The Hall–Kier alpha value is -2.40. The van der Waals surface area contributed by atoms with E-state index in [1.54, 1.807) is 19.1 Å². The lowest BCUT2D eigenvalue weighted by Crippen LogP contribution is -2.19. The Morgan fingerprint density at radius 2 is 1.72 bits per heavy atom. The molecule has 0 unspecified atom stereocenters. The maximum absolute atomic E-state index is 5.21. The number of anilines is 2. The Kier molecular flexibility index (Phi) is 4.65. The number of nitrogens with zero attached hydrogens (tertiary/aromatic N) is 2. The van der Waals surface area contributed by atoms with Crippen LogP contribution in [0.1, 0.15) is 12.8 Å². The summed E-state index contributed by atoms with van der Waals surface area (Å²) in [5.74, 6) is 1.97. The minimum absolute atomic E-state index is 0.867. The highest BCUT2D eigenvalue weighted by Crippen LogP contribution is 2.34. The normalized spacial score (nSPS) is 14.0. The van der Waals surface area contributed by atoms with Gasteiger partial charge in [0.05, 0.1) is 19.0 Å². The molecule has 4 rings (SSSR count). The molecule has 1 N–H and O–H groups in total. The number of benzene rings is 2. The summed E-state index contributed by atoms with van der Waals surface area (Å²) in [6, 6.07) is 16.5. The molecular formula is C20H21N3OS. The fourth-order valence-corrected chi connectivity index (χ4v) is 3.86. The van der Waals surface area contributed by atoms with E-state index >= 15 is 0 Å². The zero-order valence-corrected chi connectivity index (χ0v) is 15.1. The molecule has 0 saturated carbocycles. The number of pyridine rings is 1. The van der Waals surface area contributed by atoms with Crippen molar-refractivity contribution in [1.29, 1.82) is 0 Å². The first-order valence-electron chi connectivity index (χ1n) is 8.55. The van der Waals surface area contributed by atoms with Gasteiger partial charge in [0, 0.05) is 28.8 Å². The Morgan fingerprint density at radius 1 is 1.00 bits per heavy atom.